The van der Waals surface area contributed by atoms with Gasteiger partial charge in [0.1, 0.15) is 0 Å². The second-order valence-corrected chi connectivity index (χ2v) is 6.60. The SMILES string of the molecule is CC(=O)C1NC(=O)C1O[I-]OC1C(=O)N[CH]1[AlH2]. The summed E-state index contributed by atoms with van der Waals surface area (Å²) in [7, 11) is 0. The third-order valence-electron chi connectivity index (χ3n) is 2.64. The van der Waals surface area contributed by atoms with Crippen molar-refractivity contribution >= 4 is 33.9 Å². The molecule has 0 radical (unpaired) electrons. The van der Waals surface area contributed by atoms with Gasteiger partial charge in [-0.1, -0.05) is 0 Å². The summed E-state index contributed by atoms with van der Waals surface area (Å²) in [5, 5.41) is 5.14. The maximum atomic E-state index is 11.1. The number of Topliss-reactive ketones (excluding diaryl/α,β-unsaturated/α-hetero) is 1. The standard InChI is InChI=1S/C8H9IN2O5.Al.2H/c1-3(12)5-6(8(14)11-5)16-9-15-4-2-10-7(4)13;;;/h2,4-6H,1H3,(H,10,13)(H,11,14);;;/q-1;;;. The van der Waals surface area contributed by atoms with Crippen LogP contribution in [0.15, 0.2) is 0 Å². The first kappa shape index (κ1) is 13.2. The van der Waals surface area contributed by atoms with Gasteiger partial charge in [-0.25, -0.2) is 0 Å². The van der Waals surface area contributed by atoms with E-state index >= 15 is 0 Å². The van der Waals surface area contributed by atoms with E-state index in [1.54, 1.807) is 0 Å². The van der Waals surface area contributed by atoms with Crippen molar-refractivity contribution in [2.75, 3.05) is 0 Å². The van der Waals surface area contributed by atoms with Crippen LogP contribution in [-0.2, 0) is 20.5 Å². The molecule has 2 heterocycles. The molecule has 0 aromatic heterocycles. The number of halogens is 1. The van der Waals surface area contributed by atoms with Crippen molar-refractivity contribution in [3.8, 4) is 0 Å². The van der Waals surface area contributed by atoms with E-state index < -0.39 is 40.3 Å². The molecule has 2 saturated heterocycles. The summed E-state index contributed by atoms with van der Waals surface area (Å²) in [5.41, 5.74) is 0. The summed E-state index contributed by atoms with van der Waals surface area (Å²) in [5.74, 6) is -0.566. The quantitative estimate of drug-likeness (QED) is 0.286. The molecular weight excluding hydrogens is 358 g/mol. The van der Waals surface area contributed by atoms with Crippen molar-refractivity contribution in [1.29, 1.82) is 0 Å². The Balaban J connectivity index is 1.73. The normalized spacial score (nSPS) is 35.6. The number of nitrogens with one attached hydrogen (secondary N) is 2. The fraction of sp³-hybridized carbons (Fsp3) is 0.625. The summed E-state index contributed by atoms with van der Waals surface area (Å²) in [6.07, 6.45) is -1.16. The molecular formula is C8H11AlIN2O5-. The Morgan fingerprint density at radius 3 is 2.29 bits per heavy atom. The Hall–Kier alpha value is -0.208. The van der Waals surface area contributed by atoms with Crippen LogP contribution in [0.5, 0.6) is 0 Å². The molecule has 2 fully saturated rings. The molecule has 0 aromatic rings. The molecule has 4 unspecified atom stereocenters. The van der Waals surface area contributed by atoms with E-state index in [1.165, 1.54) is 6.92 Å². The summed E-state index contributed by atoms with van der Waals surface area (Å²) in [6.45, 7) is 1.40. The molecule has 0 spiro atoms. The van der Waals surface area contributed by atoms with E-state index in [-0.39, 0.29) is 22.5 Å². The summed E-state index contributed by atoms with van der Waals surface area (Å²) in [6, 6.07) is -0.562. The van der Waals surface area contributed by atoms with E-state index in [0.29, 0.717) is 0 Å². The van der Waals surface area contributed by atoms with E-state index in [0.717, 1.165) is 16.3 Å². The average molecular weight is 369 g/mol. The predicted octanol–water partition coefficient (Wildman–Crippen LogP) is -6.15. The molecule has 2 aliphatic rings. The van der Waals surface area contributed by atoms with Gasteiger partial charge in [0.2, 0.25) is 0 Å². The number of hydrogen-bond donors (Lipinski definition) is 2. The van der Waals surface area contributed by atoms with E-state index in [1.807, 2.05) is 0 Å². The van der Waals surface area contributed by atoms with Gasteiger partial charge in [0.25, 0.3) is 0 Å². The van der Waals surface area contributed by atoms with Gasteiger partial charge >= 0.3 is 117 Å². The second kappa shape index (κ2) is 5.19. The zero-order valence-corrected chi connectivity index (χ0v) is 13.4. The number of carbonyl (C=O) groups excluding carboxylic acids is 3. The molecule has 7 nitrogen and oxygen atoms in total. The van der Waals surface area contributed by atoms with Crippen LogP contribution in [0.25, 0.3) is 0 Å². The van der Waals surface area contributed by atoms with Crippen LogP contribution in [0, 0.1) is 0 Å². The first-order chi connectivity index (χ1) is 8.00. The first-order valence-corrected chi connectivity index (χ1v) is 8.00. The number of amides is 2. The van der Waals surface area contributed by atoms with Gasteiger partial charge in [0, 0.05) is 0 Å². The van der Waals surface area contributed by atoms with Crippen LogP contribution in [-0.4, -0.2) is 57.0 Å². The Morgan fingerprint density at radius 2 is 1.82 bits per heavy atom. The topological polar surface area (TPSA) is 93.7 Å². The van der Waals surface area contributed by atoms with E-state index in [9.17, 15) is 14.4 Å². The van der Waals surface area contributed by atoms with Gasteiger partial charge < -0.3 is 0 Å². The third kappa shape index (κ3) is 2.63. The van der Waals surface area contributed by atoms with E-state index in [2.05, 4.69) is 10.6 Å². The average Bonchev–Trinajstić information content (AvgIpc) is 2.24. The molecule has 0 saturated carbocycles. The molecule has 0 aliphatic carbocycles. The van der Waals surface area contributed by atoms with Crippen molar-refractivity contribution in [3.05, 3.63) is 0 Å². The number of hydrogen-bond acceptors (Lipinski definition) is 5. The Labute approximate surface area is 117 Å². The van der Waals surface area contributed by atoms with Crippen LogP contribution in [0.3, 0.4) is 0 Å². The van der Waals surface area contributed by atoms with Gasteiger partial charge in [-0.15, -0.1) is 0 Å². The van der Waals surface area contributed by atoms with Crippen molar-refractivity contribution in [3.63, 3.8) is 0 Å². The molecule has 0 aromatic carbocycles. The van der Waals surface area contributed by atoms with Gasteiger partial charge in [0.15, 0.2) is 0 Å². The molecule has 2 aliphatic heterocycles. The van der Waals surface area contributed by atoms with Gasteiger partial charge in [-0.3, -0.25) is 0 Å². The van der Waals surface area contributed by atoms with Crippen molar-refractivity contribution < 1.29 is 42.6 Å². The minimum absolute atomic E-state index is 0.115. The molecule has 4 atom stereocenters. The van der Waals surface area contributed by atoms with Crippen LogP contribution in [0.4, 0.5) is 0 Å². The fourth-order valence-corrected chi connectivity index (χ4v) is 4.54. The van der Waals surface area contributed by atoms with Crippen molar-refractivity contribution in [2.24, 2.45) is 0 Å². The van der Waals surface area contributed by atoms with Gasteiger partial charge in [0.05, 0.1) is 0 Å². The first-order valence-electron chi connectivity index (χ1n) is 5.08. The maximum absolute atomic E-state index is 11.1. The molecule has 0 bridgehead atoms. The summed E-state index contributed by atoms with van der Waals surface area (Å²) < 4.78 is 10.6. The summed E-state index contributed by atoms with van der Waals surface area (Å²) in [4.78, 5) is 33.4. The van der Waals surface area contributed by atoms with Crippen LogP contribution < -0.4 is 32.7 Å². The number of rotatable bonds is 5. The fourth-order valence-electron chi connectivity index (χ4n) is 1.50. The number of β-lactam (4-membered cyclic amide) rings is 2. The zero-order valence-electron chi connectivity index (χ0n) is 9.23. The Kier molecular flexibility index (Phi) is 4.04. The molecule has 17 heavy (non-hydrogen) atoms. The zero-order chi connectivity index (χ0) is 12.6. The van der Waals surface area contributed by atoms with Crippen molar-refractivity contribution in [2.45, 2.75) is 30.1 Å². The molecule has 94 valence electrons. The predicted molar refractivity (Wildman–Crippen MR) is 52.8 cm³/mol. The molecule has 2 amide bonds. The minimum atomic E-state index is -1.15. The Morgan fingerprint density at radius 1 is 1.24 bits per heavy atom. The van der Waals surface area contributed by atoms with Gasteiger partial charge in [-0.2, -0.15) is 0 Å². The van der Waals surface area contributed by atoms with Gasteiger partial charge in [-0.05, 0) is 0 Å². The Bertz CT molecular complexity index is 379. The number of carbonyl (C=O) groups is 3. The van der Waals surface area contributed by atoms with Crippen LogP contribution in [0.1, 0.15) is 6.92 Å². The third-order valence-corrected chi connectivity index (χ3v) is 5.05. The molecule has 2 N–H and O–H groups in total. The molecule has 9 heteroatoms. The van der Waals surface area contributed by atoms with E-state index in [4.69, 9.17) is 6.13 Å². The second-order valence-electron chi connectivity index (χ2n) is 3.98. The summed E-state index contributed by atoms with van der Waals surface area (Å²) >= 11 is -0.336. The van der Waals surface area contributed by atoms with Crippen LogP contribution in [0.2, 0.25) is 0 Å². The van der Waals surface area contributed by atoms with Crippen molar-refractivity contribution in [1.82, 2.24) is 10.6 Å². The van der Waals surface area contributed by atoms with Crippen LogP contribution >= 0.6 is 0 Å². The monoisotopic (exact) mass is 369 g/mol. The number of ketones is 1. The molecule has 2 rings (SSSR count).